The van der Waals surface area contributed by atoms with Crippen molar-refractivity contribution >= 4 is 22.3 Å². The molecule has 3 N–H and O–H groups in total. The van der Waals surface area contributed by atoms with Gasteiger partial charge < -0.3 is 20.4 Å². The van der Waals surface area contributed by atoms with Crippen molar-refractivity contribution in [2.75, 3.05) is 30.4 Å². The SMILES string of the molecule is CCC1COCCN1c1cc2nc[nH]c(=O)c2cc1N. The van der Waals surface area contributed by atoms with E-state index < -0.39 is 0 Å². The number of H-pyrrole nitrogens is 1. The van der Waals surface area contributed by atoms with Crippen LogP contribution in [-0.4, -0.2) is 35.8 Å². The minimum Gasteiger partial charge on any atom is -0.397 e. The number of aromatic nitrogens is 2. The van der Waals surface area contributed by atoms with Crippen LogP contribution in [0.1, 0.15) is 13.3 Å². The lowest BCUT2D eigenvalue weighted by Gasteiger charge is -2.37. The van der Waals surface area contributed by atoms with Gasteiger partial charge in [0.25, 0.3) is 5.56 Å². The molecule has 1 aliphatic heterocycles. The highest BCUT2D eigenvalue weighted by molar-refractivity contribution is 5.88. The molecule has 1 aromatic heterocycles. The summed E-state index contributed by atoms with van der Waals surface area (Å²) in [6, 6.07) is 3.91. The second-order valence-electron chi connectivity index (χ2n) is 4.99. The summed E-state index contributed by atoms with van der Waals surface area (Å²) in [5, 5.41) is 0.523. The molecule has 0 bridgehead atoms. The van der Waals surface area contributed by atoms with Crippen molar-refractivity contribution < 1.29 is 4.74 Å². The Morgan fingerprint density at radius 2 is 2.40 bits per heavy atom. The third kappa shape index (κ3) is 2.12. The van der Waals surface area contributed by atoms with E-state index in [0.717, 1.165) is 18.7 Å². The maximum absolute atomic E-state index is 11.8. The molecule has 1 aliphatic rings. The van der Waals surface area contributed by atoms with E-state index in [1.165, 1.54) is 6.33 Å². The molecule has 2 aromatic rings. The van der Waals surface area contributed by atoms with Crippen LogP contribution in [0.15, 0.2) is 23.3 Å². The van der Waals surface area contributed by atoms with Gasteiger partial charge in [-0.2, -0.15) is 0 Å². The number of nitrogens with two attached hydrogens (primary N) is 1. The van der Waals surface area contributed by atoms with Gasteiger partial charge in [-0.3, -0.25) is 4.79 Å². The van der Waals surface area contributed by atoms with Crippen molar-refractivity contribution in [3.05, 3.63) is 28.8 Å². The lowest BCUT2D eigenvalue weighted by Crippen LogP contribution is -2.45. The van der Waals surface area contributed by atoms with Gasteiger partial charge in [0.2, 0.25) is 0 Å². The van der Waals surface area contributed by atoms with Gasteiger partial charge >= 0.3 is 0 Å². The second kappa shape index (κ2) is 5.13. The number of rotatable bonds is 2. The fourth-order valence-corrected chi connectivity index (χ4v) is 2.68. The van der Waals surface area contributed by atoms with Crippen LogP contribution in [-0.2, 0) is 4.74 Å². The van der Waals surface area contributed by atoms with Crippen molar-refractivity contribution in [3.8, 4) is 0 Å². The Kier molecular flexibility index (Phi) is 3.31. The maximum Gasteiger partial charge on any atom is 0.258 e. The van der Waals surface area contributed by atoms with Crippen molar-refractivity contribution in [3.63, 3.8) is 0 Å². The first-order valence-electron chi connectivity index (χ1n) is 6.82. The van der Waals surface area contributed by atoms with Crippen molar-refractivity contribution in [2.24, 2.45) is 0 Å². The lowest BCUT2D eigenvalue weighted by atomic mass is 10.1. The van der Waals surface area contributed by atoms with Gasteiger partial charge in [-0.05, 0) is 18.6 Å². The van der Waals surface area contributed by atoms with Crippen LogP contribution < -0.4 is 16.2 Å². The van der Waals surface area contributed by atoms with Gasteiger partial charge in [-0.25, -0.2) is 4.98 Å². The molecule has 6 nitrogen and oxygen atoms in total. The fraction of sp³-hybridized carbons (Fsp3) is 0.429. The number of ether oxygens (including phenoxy) is 1. The minimum absolute atomic E-state index is 0.165. The van der Waals surface area contributed by atoms with Crippen LogP contribution in [0.3, 0.4) is 0 Å². The van der Waals surface area contributed by atoms with Gasteiger partial charge in [0.1, 0.15) is 0 Å². The molecule has 1 saturated heterocycles. The third-order valence-corrected chi connectivity index (χ3v) is 3.80. The topological polar surface area (TPSA) is 84.2 Å². The molecule has 1 fully saturated rings. The summed E-state index contributed by atoms with van der Waals surface area (Å²) < 4.78 is 5.52. The predicted molar refractivity (Wildman–Crippen MR) is 79.0 cm³/mol. The fourth-order valence-electron chi connectivity index (χ4n) is 2.68. The Balaban J connectivity index is 2.11. The minimum atomic E-state index is -0.165. The highest BCUT2D eigenvalue weighted by Gasteiger charge is 2.23. The summed E-state index contributed by atoms with van der Waals surface area (Å²) in [5.74, 6) is 0. The first-order valence-corrected chi connectivity index (χ1v) is 6.82. The third-order valence-electron chi connectivity index (χ3n) is 3.80. The summed E-state index contributed by atoms with van der Waals surface area (Å²) in [6.45, 7) is 4.33. The Labute approximate surface area is 116 Å². The zero-order chi connectivity index (χ0) is 14.1. The van der Waals surface area contributed by atoms with Gasteiger partial charge in [-0.1, -0.05) is 6.92 Å². The summed E-state index contributed by atoms with van der Waals surface area (Å²) in [6.07, 6.45) is 2.40. The van der Waals surface area contributed by atoms with E-state index in [2.05, 4.69) is 21.8 Å². The maximum atomic E-state index is 11.8. The largest absolute Gasteiger partial charge is 0.397 e. The van der Waals surface area contributed by atoms with Crippen LogP contribution >= 0.6 is 0 Å². The molecule has 0 radical (unpaired) electrons. The molecule has 1 aromatic carbocycles. The van der Waals surface area contributed by atoms with E-state index in [0.29, 0.717) is 35.8 Å². The molecule has 106 valence electrons. The van der Waals surface area contributed by atoms with Crippen LogP contribution in [0.5, 0.6) is 0 Å². The van der Waals surface area contributed by atoms with E-state index in [9.17, 15) is 4.79 Å². The van der Waals surface area contributed by atoms with E-state index in [4.69, 9.17) is 10.5 Å². The predicted octanol–water partition coefficient (Wildman–Crippen LogP) is 1.12. The molecule has 20 heavy (non-hydrogen) atoms. The molecule has 1 unspecified atom stereocenters. The number of benzene rings is 1. The number of morpholine rings is 1. The Hall–Kier alpha value is -2.08. The number of aromatic amines is 1. The molecule has 0 saturated carbocycles. The first-order chi connectivity index (χ1) is 9.70. The second-order valence-corrected chi connectivity index (χ2v) is 4.99. The highest BCUT2D eigenvalue weighted by atomic mass is 16.5. The van der Waals surface area contributed by atoms with Gasteiger partial charge in [0.05, 0.1) is 47.9 Å². The average molecular weight is 274 g/mol. The average Bonchev–Trinajstić information content (AvgIpc) is 2.48. The Morgan fingerprint density at radius 3 is 3.20 bits per heavy atom. The summed E-state index contributed by atoms with van der Waals surface area (Å²) in [7, 11) is 0. The summed E-state index contributed by atoms with van der Waals surface area (Å²) in [4.78, 5) is 20.8. The molecule has 0 amide bonds. The summed E-state index contributed by atoms with van der Waals surface area (Å²) in [5.41, 5.74) is 8.19. The normalized spacial score (nSPS) is 19.4. The van der Waals surface area contributed by atoms with Gasteiger partial charge in [0.15, 0.2) is 0 Å². The van der Waals surface area contributed by atoms with Crippen LogP contribution in [0.4, 0.5) is 11.4 Å². The van der Waals surface area contributed by atoms with Crippen LogP contribution in [0, 0.1) is 0 Å². The molecule has 6 heteroatoms. The number of hydrogen-bond donors (Lipinski definition) is 2. The van der Waals surface area contributed by atoms with Crippen LogP contribution in [0.2, 0.25) is 0 Å². The van der Waals surface area contributed by atoms with Crippen LogP contribution in [0.25, 0.3) is 10.9 Å². The van der Waals surface area contributed by atoms with E-state index in [-0.39, 0.29) is 5.56 Å². The van der Waals surface area contributed by atoms with E-state index in [1.54, 1.807) is 6.07 Å². The molecule has 0 aliphatic carbocycles. The van der Waals surface area contributed by atoms with Gasteiger partial charge in [-0.15, -0.1) is 0 Å². The quantitative estimate of drug-likeness (QED) is 0.802. The Morgan fingerprint density at radius 1 is 1.55 bits per heavy atom. The molecule has 0 spiro atoms. The standard InChI is InChI=1S/C14H18N4O2/c1-2-9-7-20-4-3-18(9)13-6-12-10(5-11(13)15)14(19)17-8-16-12/h5-6,8-9H,2-4,7,15H2,1H3,(H,16,17,19). The molecule has 2 heterocycles. The molecule has 1 atom stereocenters. The van der Waals surface area contributed by atoms with E-state index >= 15 is 0 Å². The zero-order valence-electron chi connectivity index (χ0n) is 11.4. The molecule has 3 rings (SSSR count). The number of nitrogens with zero attached hydrogens (tertiary/aromatic N) is 2. The number of fused-ring (bicyclic) bond motifs is 1. The highest BCUT2D eigenvalue weighted by Crippen LogP contribution is 2.30. The number of anilines is 2. The molecular weight excluding hydrogens is 256 g/mol. The lowest BCUT2D eigenvalue weighted by molar-refractivity contribution is 0.0931. The first kappa shape index (κ1) is 12.9. The van der Waals surface area contributed by atoms with Gasteiger partial charge in [0, 0.05) is 6.54 Å². The Bertz CT molecular complexity index is 682. The smallest absolute Gasteiger partial charge is 0.258 e. The summed E-state index contributed by atoms with van der Waals surface area (Å²) >= 11 is 0. The zero-order valence-corrected chi connectivity index (χ0v) is 11.4. The number of nitrogen functional groups attached to an aromatic ring is 1. The molecular formula is C14H18N4O2. The van der Waals surface area contributed by atoms with E-state index in [1.807, 2.05) is 6.07 Å². The monoisotopic (exact) mass is 274 g/mol. The number of hydrogen-bond acceptors (Lipinski definition) is 5. The van der Waals surface area contributed by atoms with Crippen molar-refractivity contribution in [1.82, 2.24) is 9.97 Å². The number of nitrogens with one attached hydrogen (secondary N) is 1. The van der Waals surface area contributed by atoms with Crippen molar-refractivity contribution in [1.29, 1.82) is 0 Å². The van der Waals surface area contributed by atoms with Crippen molar-refractivity contribution in [2.45, 2.75) is 19.4 Å².